The Balaban J connectivity index is 1.24. The molecule has 1 saturated heterocycles. The van der Waals surface area contributed by atoms with Crippen molar-refractivity contribution in [3.05, 3.63) is 67.0 Å². The van der Waals surface area contributed by atoms with Crippen molar-refractivity contribution < 1.29 is 9.59 Å². The minimum absolute atomic E-state index is 0.0667. The number of hydrogen-bond donors (Lipinski definition) is 0. The van der Waals surface area contributed by atoms with E-state index in [0.29, 0.717) is 11.5 Å². The van der Waals surface area contributed by atoms with Crippen LogP contribution in [0.25, 0.3) is 27.9 Å². The zero-order valence-corrected chi connectivity index (χ0v) is 16.4. The first-order chi connectivity index (χ1) is 15.2. The first-order valence-corrected chi connectivity index (χ1v) is 10.5. The largest absolute Gasteiger partial charge is 0.274 e. The number of allylic oxidation sites excluding steroid dienone is 2. The third-order valence-electron chi connectivity index (χ3n) is 6.94. The van der Waals surface area contributed by atoms with Crippen molar-refractivity contribution in [2.75, 3.05) is 4.90 Å². The standard InChI is InChI=1S/C24H17N5O2/c30-23-19-14-5-6-15(11-14)20(19)24(31)29(23)16-9-7-13(8-10-16)21-26-22-17-3-1-2-4-18(17)25-12-28(22)27-21/h1-10,12,14-15,19-20H,11H2/t14-,15-,19-,20+/m0/s1. The molecule has 0 N–H and O–H groups in total. The number of anilines is 1. The van der Waals surface area contributed by atoms with Crippen LogP contribution in [0.3, 0.4) is 0 Å². The highest BCUT2D eigenvalue weighted by molar-refractivity contribution is 6.22. The number of fused-ring (bicyclic) bond motifs is 8. The molecule has 2 fully saturated rings. The van der Waals surface area contributed by atoms with Crippen LogP contribution < -0.4 is 4.90 Å². The molecule has 0 unspecified atom stereocenters. The summed E-state index contributed by atoms with van der Waals surface area (Å²) in [4.78, 5) is 36.5. The number of amides is 2. The highest BCUT2D eigenvalue weighted by Gasteiger charge is 2.59. The maximum Gasteiger partial charge on any atom is 0.238 e. The van der Waals surface area contributed by atoms with Gasteiger partial charge in [0.25, 0.3) is 0 Å². The summed E-state index contributed by atoms with van der Waals surface area (Å²) in [5.74, 6) is 0.475. The molecule has 2 aliphatic carbocycles. The highest BCUT2D eigenvalue weighted by Crippen LogP contribution is 2.53. The molecule has 2 amide bonds. The second-order valence-corrected chi connectivity index (χ2v) is 8.52. The van der Waals surface area contributed by atoms with Crippen LogP contribution in [0.15, 0.2) is 67.0 Å². The minimum Gasteiger partial charge on any atom is -0.274 e. The summed E-state index contributed by atoms with van der Waals surface area (Å²) in [6.07, 6.45) is 6.81. The SMILES string of the molecule is O=C1[C@@H]2[C@H](C(=O)N1c1ccc(-c3nc4c5ccccc5ncn4n3)cc1)[C@H]1C=C[C@H]2C1. The van der Waals surface area contributed by atoms with Gasteiger partial charge in [0.1, 0.15) is 6.33 Å². The number of aromatic nitrogens is 4. The molecular weight excluding hydrogens is 390 g/mol. The van der Waals surface area contributed by atoms with Gasteiger partial charge in [-0.2, -0.15) is 0 Å². The van der Waals surface area contributed by atoms with Gasteiger partial charge in [-0.05, 0) is 54.7 Å². The maximum atomic E-state index is 13.0. The smallest absolute Gasteiger partial charge is 0.238 e. The van der Waals surface area contributed by atoms with E-state index in [2.05, 4.69) is 22.2 Å². The van der Waals surface area contributed by atoms with E-state index >= 15 is 0 Å². The van der Waals surface area contributed by atoms with Gasteiger partial charge in [0.2, 0.25) is 11.8 Å². The first kappa shape index (κ1) is 16.9. The van der Waals surface area contributed by atoms with Crippen LogP contribution >= 0.6 is 0 Å². The van der Waals surface area contributed by atoms with Gasteiger partial charge in [-0.3, -0.25) is 14.5 Å². The van der Waals surface area contributed by atoms with Crippen LogP contribution in [0.2, 0.25) is 0 Å². The second-order valence-electron chi connectivity index (χ2n) is 8.52. The Morgan fingerprint density at radius 3 is 2.32 bits per heavy atom. The molecule has 3 heterocycles. The molecule has 7 rings (SSSR count). The van der Waals surface area contributed by atoms with E-state index in [1.165, 1.54) is 4.90 Å². The van der Waals surface area contributed by atoms with Crippen molar-refractivity contribution in [1.82, 2.24) is 19.6 Å². The summed E-state index contributed by atoms with van der Waals surface area (Å²) in [7, 11) is 0. The van der Waals surface area contributed by atoms with E-state index in [4.69, 9.17) is 4.98 Å². The van der Waals surface area contributed by atoms with E-state index in [1.54, 1.807) is 10.8 Å². The molecule has 31 heavy (non-hydrogen) atoms. The Morgan fingerprint density at radius 1 is 0.871 bits per heavy atom. The van der Waals surface area contributed by atoms with Gasteiger partial charge >= 0.3 is 0 Å². The summed E-state index contributed by atoms with van der Waals surface area (Å²) < 4.78 is 1.67. The van der Waals surface area contributed by atoms with Crippen molar-refractivity contribution in [2.45, 2.75) is 6.42 Å². The van der Waals surface area contributed by atoms with Crippen molar-refractivity contribution in [3.8, 4) is 11.4 Å². The van der Waals surface area contributed by atoms with Gasteiger partial charge in [0.05, 0.1) is 23.0 Å². The first-order valence-electron chi connectivity index (χ1n) is 10.5. The predicted molar refractivity (Wildman–Crippen MR) is 114 cm³/mol. The van der Waals surface area contributed by atoms with Crippen molar-refractivity contribution in [3.63, 3.8) is 0 Å². The van der Waals surface area contributed by atoms with Crippen molar-refractivity contribution in [2.24, 2.45) is 23.7 Å². The molecule has 7 heteroatoms. The van der Waals surface area contributed by atoms with Gasteiger partial charge < -0.3 is 0 Å². The summed E-state index contributed by atoms with van der Waals surface area (Å²) in [6, 6.07) is 15.2. The Bertz CT molecular complexity index is 1410. The molecule has 0 spiro atoms. The number of nitrogens with zero attached hydrogens (tertiary/aromatic N) is 5. The average Bonchev–Trinajstić information content (AvgIpc) is 3.57. The number of carbonyl (C=O) groups is 2. The normalized spacial score (nSPS) is 26.5. The number of carbonyl (C=O) groups excluding carboxylic acids is 2. The van der Waals surface area contributed by atoms with Crippen molar-refractivity contribution >= 4 is 34.1 Å². The van der Waals surface area contributed by atoms with E-state index in [0.717, 1.165) is 28.5 Å². The molecule has 7 nitrogen and oxygen atoms in total. The highest BCUT2D eigenvalue weighted by atomic mass is 16.2. The molecule has 2 aromatic carbocycles. The zero-order chi connectivity index (χ0) is 20.7. The molecule has 4 aromatic rings. The Morgan fingerprint density at radius 2 is 1.58 bits per heavy atom. The van der Waals surface area contributed by atoms with Gasteiger partial charge in [-0.15, -0.1) is 5.10 Å². The lowest BCUT2D eigenvalue weighted by Crippen LogP contribution is -2.32. The fraction of sp³-hybridized carbons (Fsp3) is 0.208. The average molecular weight is 407 g/mol. The topological polar surface area (TPSA) is 80.5 Å². The molecule has 1 saturated carbocycles. The second kappa shape index (κ2) is 5.85. The summed E-state index contributed by atoms with van der Waals surface area (Å²) in [5.41, 5.74) is 3.04. The van der Waals surface area contributed by atoms with Gasteiger partial charge in [-0.25, -0.2) is 14.5 Å². The van der Waals surface area contributed by atoms with Crippen LogP contribution in [-0.2, 0) is 9.59 Å². The van der Waals surface area contributed by atoms with Crippen molar-refractivity contribution in [1.29, 1.82) is 0 Å². The molecule has 150 valence electrons. The van der Waals surface area contributed by atoms with Gasteiger partial charge in [0.15, 0.2) is 11.5 Å². The number of para-hydroxylation sites is 1. The fourth-order valence-electron chi connectivity index (χ4n) is 5.52. The quantitative estimate of drug-likeness (QED) is 0.376. The molecule has 2 bridgehead atoms. The Kier molecular flexibility index (Phi) is 3.18. The lowest BCUT2D eigenvalue weighted by molar-refractivity contribution is -0.123. The Labute approximate surface area is 177 Å². The van der Waals surface area contributed by atoms with Crippen LogP contribution in [0, 0.1) is 23.7 Å². The molecule has 0 radical (unpaired) electrons. The lowest BCUT2D eigenvalue weighted by atomic mass is 9.85. The molecule has 1 aliphatic heterocycles. The summed E-state index contributed by atoms with van der Waals surface area (Å²) >= 11 is 0. The molecule has 3 aliphatic rings. The number of imide groups is 1. The predicted octanol–water partition coefficient (Wildman–Crippen LogP) is 3.26. The van der Waals surface area contributed by atoms with Crippen LogP contribution in [-0.4, -0.2) is 31.4 Å². The third kappa shape index (κ3) is 2.20. The third-order valence-corrected chi connectivity index (χ3v) is 6.94. The fourth-order valence-corrected chi connectivity index (χ4v) is 5.52. The van der Waals surface area contributed by atoms with Gasteiger partial charge in [-0.1, -0.05) is 24.3 Å². The molecular formula is C24H17N5O2. The number of benzene rings is 2. The summed E-state index contributed by atoms with van der Waals surface area (Å²) in [5, 5.41) is 5.49. The lowest BCUT2D eigenvalue weighted by Gasteiger charge is -2.17. The maximum absolute atomic E-state index is 13.0. The van der Waals surface area contributed by atoms with Crippen LogP contribution in [0.5, 0.6) is 0 Å². The van der Waals surface area contributed by atoms with E-state index in [9.17, 15) is 9.59 Å². The Hall–Kier alpha value is -3.87. The number of hydrogen-bond acceptors (Lipinski definition) is 5. The molecule has 2 aromatic heterocycles. The summed E-state index contributed by atoms with van der Waals surface area (Å²) in [6.45, 7) is 0. The van der Waals surface area contributed by atoms with E-state index in [-0.39, 0.29) is 35.5 Å². The zero-order valence-electron chi connectivity index (χ0n) is 16.4. The van der Waals surface area contributed by atoms with Gasteiger partial charge in [0, 0.05) is 10.9 Å². The van der Waals surface area contributed by atoms with E-state index < -0.39 is 0 Å². The monoisotopic (exact) mass is 407 g/mol. The molecule has 4 atom stereocenters. The minimum atomic E-state index is -0.192. The number of rotatable bonds is 2. The van der Waals surface area contributed by atoms with E-state index in [1.807, 2.05) is 48.5 Å². The van der Waals surface area contributed by atoms with Crippen LogP contribution in [0.1, 0.15) is 6.42 Å². The van der Waals surface area contributed by atoms with Crippen LogP contribution in [0.4, 0.5) is 5.69 Å².